The van der Waals surface area contributed by atoms with E-state index in [0.29, 0.717) is 6.54 Å². The van der Waals surface area contributed by atoms with Crippen molar-refractivity contribution in [2.24, 2.45) is 16.8 Å². The summed E-state index contributed by atoms with van der Waals surface area (Å²) < 4.78 is 0. The molecule has 2 fully saturated rings. The van der Waals surface area contributed by atoms with Crippen LogP contribution in [0.4, 0.5) is 5.82 Å². The minimum Gasteiger partial charge on any atom is -0.357 e. The molecule has 1 aromatic heterocycles. The van der Waals surface area contributed by atoms with Crippen molar-refractivity contribution in [1.29, 1.82) is 0 Å². The average Bonchev–Trinajstić information content (AvgIpc) is 3.14. The van der Waals surface area contributed by atoms with Crippen LogP contribution >= 0.6 is 0 Å². The maximum absolute atomic E-state index is 4.90. The number of likely N-dealkylation sites (N-methyl/N-ethyl adjacent to an activating group) is 1. The number of hydrogen-bond donors (Lipinski definition) is 1. The van der Waals surface area contributed by atoms with Crippen molar-refractivity contribution >= 4 is 11.8 Å². The third-order valence-corrected chi connectivity index (χ3v) is 5.77. The van der Waals surface area contributed by atoms with Gasteiger partial charge in [-0.05, 0) is 50.3 Å². The van der Waals surface area contributed by atoms with Gasteiger partial charge in [-0.15, -0.1) is 0 Å². The molecule has 0 aliphatic carbocycles. The Morgan fingerprint density at radius 2 is 2.00 bits per heavy atom. The lowest BCUT2D eigenvalue weighted by Crippen LogP contribution is -2.44. The second-order valence-corrected chi connectivity index (χ2v) is 8.72. The highest BCUT2D eigenvalue weighted by atomic mass is 15.3. The van der Waals surface area contributed by atoms with Gasteiger partial charge in [0, 0.05) is 52.0 Å². The molecule has 2 aliphatic rings. The predicted molar refractivity (Wildman–Crippen MR) is 118 cm³/mol. The molecular weight excluding hydrogens is 348 g/mol. The molecule has 6 nitrogen and oxygen atoms in total. The van der Waals surface area contributed by atoms with Crippen LogP contribution in [0.5, 0.6) is 0 Å². The molecule has 3 heterocycles. The van der Waals surface area contributed by atoms with E-state index in [1.807, 2.05) is 6.20 Å². The van der Waals surface area contributed by atoms with Crippen LogP contribution in [0.15, 0.2) is 23.3 Å². The molecule has 28 heavy (non-hydrogen) atoms. The van der Waals surface area contributed by atoms with Crippen LogP contribution in [0.2, 0.25) is 0 Å². The van der Waals surface area contributed by atoms with E-state index in [0.717, 1.165) is 69.4 Å². The number of aromatic nitrogens is 1. The smallest absolute Gasteiger partial charge is 0.194 e. The first-order valence-corrected chi connectivity index (χ1v) is 11.0. The normalized spacial score (nSPS) is 21.6. The van der Waals surface area contributed by atoms with Crippen molar-refractivity contribution in [2.75, 3.05) is 57.8 Å². The Balaban J connectivity index is 1.57. The second kappa shape index (κ2) is 10.1. The van der Waals surface area contributed by atoms with Crippen molar-refractivity contribution < 1.29 is 0 Å². The minimum atomic E-state index is 0.684. The molecule has 0 saturated carbocycles. The van der Waals surface area contributed by atoms with Gasteiger partial charge in [0.25, 0.3) is 0 Å². The summed E-state index contributed by atoms with van der Waals surface area (Å²) in [4.78, 5) is 16.8. The average molecular weight is 387 g/mol. The van der Waals surface area contributed by atoms with Crippen molar-refractivity contribution in [3.8, 4) is 0 Å². The van der Waals surface area contributed by atoms with Crippen molar-refractivity contribution in [3.63, 3.8) is 0 Å². The number of pyridine rings is 1. The third kappa shape index (κ3) is 5.84. The van der Waals surface area contributed by atoms with Crippen LogP contribution < -0.4 is 10.2 Å². The number of nitrogens with one attached hydrogen (secondary N) is 1. The Morgan fingerprint density at radius 3 is 2.64 bits per heavy atom. The van der Waals surface area contributed by atoms with E-state index in [1.54, 1.807) is 0 Å². The number of guanidine groups is 1. The van der Waals surface area contributed by atoms with Gasteiger partial charge in [-0.3, -0.25) is 0 Å². The fourth-order valence-corrected chi connectivity index (χ4v) is 4.21. The molecule has 0 radical (unpaired) electrons. The van der Waals surface area contributed by atoms with Crippen LogP contribution in [0, 0.1) is 11.8 Å². The van der Waals surface area contributed by atoms with E-state index in [-0.39, 0.29) is 0 Å². The maximum atomic E-state index is 4.90. The molecule has 3 rings (SSSR count). The minimum absolute atomic E-state index is 0.684. The highest BCUT2D eigenvalue weighted by Gasteiger charge is 2.25. The van der Waals surface area contributed by atoms with E-state index in [4.69, 9.17) is 9.98 Å². The molecule has 156 valence electrons. The van der Waals surface area contributed by atoms with Crippen molar-refractivity contribution in [3.05, 3.63) is 23.9 Å². The first-order chi connectivity index (χ1) is 13.5. The van der Waals surface area contributed by atoms with Crippen molar-refractivity contribution in [1.82, 2.24) is 20.1 Å². The van der Waals surface area contributed by atoms with Gasteiger partial charge < -0.3 is 20.0 Å². The SMILES string of the molecule is CCNC(=NCc1ccc(N2CCN(C)CC2)nc1)N1CCC(CC(C)C)C1. The van der Waals surface area contributed by atoms with Crippen LogP contribution in [-0.4, -0.2) is 73.6 Å². The summed E-state index contributed by atoms with van der Waals surface area (Å²) >= 11 is 0. The quantitative estimate of drug-likeness (QED) is 0.602. The molecule has 6 heteroatoms. The first kappa shape index (κ1) is 20.9. The highest BCUT2D eigenvalue weighted by Crippen LogP contribution is 2.23. The fourth-order valence-electron chi connectivity index (χ4n) is 4.21. The largest absolute Gasteiger partial charge is 0.357 e. The zero-order valence-corrected chi connectivity index (χ0v) is 18.2. The Hall–Kier alpha value is -1.82. The maximum Gasteiger partial charge on any atom is 0.194 e. The number of anilines is 1. The summed E-state index contributed by atoms with van der Waals surface area (Å²) in [5.41, 5.74) is 1.17. The third-order valence-electron chi connectivity index (χ3n) is 5.77. The van der Waals surface area contributed by atoms with Gasteiger partial charge in [0.1, 0.15) is 5.82 Å². The van der Waals surface area contributed by atoms with Crippen LogP contribution in [0.25, 0.3) is 0 Å². The van der Waals surface area contributed by atoms with Crippen LogP contribution in [0.1, 0.15) is 39.2 Å². The molecule has 1 N–H and O–H groups in total. The summed E-state index contributed by atoms with van der Waals surface area (Å²) in [6, 6.07) is 4.33. The van der Waals surface area contributed by atoms with Crippen LogP contribution in [-0.2, 0) is 6.54 Å². The molecule has 1 aromatic rings. The number of rotatable bonds is 6. The lowest BCUT2D eigenvalue weighted by Gasteiger charge is -2.33. The van der Waals surface area contributed by atoms with E-state index >= 15 is 0 Å². The monoisotopic (exact) mass is 386 g/mol. The van der Waals surface area contributed by atoms with Gasteiger partial charge in [0.2, 0.25) is 0 Å². The Bertz CT molecular complexity index is 618. The molecule has 2 saturated heterocycles. The van der Waals surface area contributed by atoms with E-state index in [1.165, 1.54) is 18.4 Å². The Kier molecular flexibility index (Phi) is 7.54. The number of aliphatic imine (C=N–C) groups is 1. The van der Waals surface area contributed by atoms with Gasteiger partial charge in [-0.1, -0.05) is 19.9 Å². The van der Waals surface area contributed by atoms with Gasteiger partial charge in [0.05, 0.1) is 6.54 Å². The molecule has 0 spiro atoms. The molecule has 1 atom stereocenters. The summed E-state index contributed by atoms with van der Waals surface area (Å²) in [6.07, 6.45) is 4.59. The first-order valence-electron chi connectivity index (χ1n) is 11.0. The molecule has 1 unspecified atom stereocenters. The lowest BCUT2D eigenvalue weighted by atomic mass is 9.97. The number of piperazine rings is 1. The summed E-state index contributed by atoms with van der Waals surface area (Å²) in [7, 11) is 2.18. The zero-order valence-electron chi connectivity index (χ0n) is 18.2. The highest BCUT2D eigenvalue weighted by molar-refractivity contribution is 5.80. The van der Waals surface area contributed by atoms with Crippen LogP contribution in [0.3, 0.4) is 0 Å². The van der Waals surface area contributed by atoms with E-state index < -0.39 is 0 Å². The zero-order chi connectivity index (χ0) is 19.9. The number of hydrogen-bond acceptors (Lipinski definition) is 4. The van der Waals surface area contributed by atoms with Gasteiger partial charge in [-0.25, -0.2) is 9.98 Å². The molecular formula is C22H38N6. The number of likely N-dealkylation sites (tertiary alicyclic amines) is 1. The molecule has 0 amide bonds. The summed E-state index contributed by atoms with van der Waals surface area (Å²) in [5.74, 6) is 3.71. The molecule has 0 bridgehead atoms. The Labute approximate surface area is 171 Å². The fraction of sp³-hybridized carbons (Fsp3) is 0.727. The summed E-state index contributed by atoms with van der Waals surface area (Å²) in [5, 5.41) is 3.48. The Morgan fingerprint density at radius 1 is 1.21 bits per heavy atom. The topological polar surface area (TPSA) is 47.0 Å². The van der Waals surface area contributed by atoms with Crippen molar-refractivity contribution in [2.45, 2.75) is 40.2 Å². The lowest BCUT2D eigenvalue weighted by molar-refractivity contribution is 0.312. The second-order valence-electron chi connectivity index (χ2n) is 8.72. The predicted octanol–water partition coefficient (Wildman–Crippen LogP) is 2.67. The molecule has 0 aromatic carbocycles. The molecule has 2 aliphatic heterocycles. The van der Waals surface area contributed by atoms with E-state index in [2.05, 4.69) is 60.0 Å². The van der Waals surface area contributed by atoms with Gasteiger partial charge in [0.15, 0.2) is 5.96 Å². The standard InChI is InChI=1S/C22H38N6/c1-5-23-22(28-9-8-19(17-28)14-18(2)3)25-16-20-6-7-21(24-15-20)27-12-10-26(4)11-13-27/h6-7,15,18-19H,5,8-14,16-17H2,1-4H3,(H,23,25). The number of nitrogens with zero attached hydrogens (tertiary/aromatic N) is 5. The van der Waals surface area contributed by atoms with Gasteiger partial charge >= 0.3 is 0 Å². The van der Waals surface area contributed by atoms with Gasteiger partial charge in [-0.2, -0.15) is 0 Å². The summed E-state index contributed by atoms with van der Waals surface area (Å²) in [6.45, 7) is 14.9. The van der Waals surface area contributed by atoms with E-state index in [9.17, 15) is 0 Å².